The first-order valence-electron chi connectivity index (χ1n) is 14.8. The lowest BCUT2D eigenvalue weighted by atomic mass is 9.52. The number of halogens is 2. The van der Waals surface area contributed by atoms with Gasteiger partial charge in [-0.15, -0.1) is 0 Å². The van der Waals surface area contributed by atoms with Gasteiger partial charge < -0.3 is 26.2 Å². The number of aliphatic hydroxyl groups is 2. The Hall–Kier alpha value is -1.78. The van der Waals surface area contributed by atoms with Gasteiger partial charge in [-0.25, -0.2) is 4.39 Å². The third kappa shape index (κ3) is 5.91. The normalized spacial score (nSPS) is 33.6. The molecule has 5 fully saturated rings. The lowest BCUT2D eigenvalue weighted by Crippen LogP contribution is -2.64. The molecular formula is C30H44ClFN4O4. The van der Waals surface area contributed by atoms with Crippen LogP contribution in [0.5, 0.6) is 0 Å². The summed E-state index contributed by atoms with van der Waals surface area (Å²) in [6, 6.07) is 3.40. The molecule has 5 aliphatic rings. The van der Waals surface area contributed by atoms with Gasteiger partial charge in [-0.1, -0.05) is 18.5 Å². The molecule has 1 saturated heterocycles. The van der Waals surface area contributed by atoms with Crippen LogP contribution in [0, 0.1) is 29.5 Å². The summed E-state index contributed by atoms with van der Waals surface area (Å²) in [6.45, 7) is 6.51. The molecule has 2 amide bonds. The number of carbonyl (C=O) groups excluding carboxylic acids is 2. The van der Waals surface area contributed by atoms with Gasteiger partial charge in [0.1, 0.15) is 5.82 Å². The van der Waals surface area contributed by atoms with Gasteiger partial charge >= 0.3 is 0 Å². The van der Waals surface area contributed by atoms with Crippen molar-refractivity contribution in [3.63, 3.8) is 0 Å². The summed E-state index contributed by atoms with van der Waals surface area (Å²) >= 11 is 6.27. The summed E-state index contributed by atoms with van der Waals surface area (Å²) in [5, 5.41) is 25.5. The van der Waals surface area contributed by atoms with E-state index >= 15 is 0 Å². The first-order chi connectivity index (χ1) is 18.8. The van der Waals surface area contributed by atoms with Gasteiger partial charge in [0.05, 0.1) is 29.0 Å². The summed E-state index contributed by atoms with van der Waals surface area (Å²) in [7, 11) is 0. The minimum Gasteiger partial charge on any atom is -0.391 e. The second-order valence-corrected chi connectivity index (χ2v) is 14.0. The van der Waals surface area contributed by atoms with Crippen LogP contribution in [-0.2, 0) is 9.59 Å². The molecule has 1 aromatic rings. The highest BCUT2D eigenvalue weighted by Gasteiger charge is 2.55. The highest BCUT2D eigenvalue weighted by Crippen LogP contribution is 2.55. The fourth-order valence-corrected chi connectivity index (χ4v) is 8.28. The number of benzene rings is 1. The predicted molar refractivity (Wildman–Crippen MR) is 152 cm³/mol. The van der Waals surface area contributed by atoms with Crippen molar-refractivity contribution in [2.24, 2.45) is 29.4 Å². The molecule has 4 saturated carbocycles. The molecule has 222 valence electrons. The summed E-state index contributed by atoms with van der Waals surface area (Å²) in [6.07, 6.45) is 4.48. The molecule has 40 heavy (non-hydrogen) atoms. The number of nitrogens with one attached hydrogen (secondary N) is 1. The molecule has 0 aromatic heterocycles. The Kier molecular flexibility index (Phi) is 8.27. The van der Waals surface area contributed by atoms with Crippen molar-refractivity contribution in [1.29, 1.82) is 0 Å². The summed E-state index contributed by atoms with van der Waals surface area (Å²) < 4.78 is 13.9. The number of anilines is 1. The lowest BCUT2D eigenvalue weighted by molar-refractivity contribution is -0.148. The Morgan fingerprint density at radius 2 is 1.93 bits per heavy atom. The maximum Gasteiger partial charge on any atom is 0.241 e. The number of rotatable bonds is 9. The zero-order chi connectivity index (χ0) is 29.0. The van der Waals surface area contributed by atoms with E-state index < -0.39 is 29.1 Å². The van der Waals surface area contributed by atoms with Crippen molar-refractivity contribution in [2.45, 2.75) is 95.0 Å². The monoisotopic (exact) mass is 578 g/mol. The SMILES string of the molecule is CC[C@H](C[C@H](O)[C@@H](N)CN1CC(=O)N(c2cc(F)ccc2Cl)CC1(C)C)C(=O)NC1[C@@H]2CC3C[C@H]1CC(O)(C3)C2. The average molecular weight is 579 g/mol. The molecule has 0 radical (unpaired) electrons. The largest absolute Gasteiger partial charge is 0.391 e. The van der Waals surface area contributed by atoms with E-state index in [1.807, 2.05) is 25.7 Å². The maximum atomic E-state index is 13.9. The first-order valence-corrected chi connectivity index (χ1v) is 15.1. The topological polar surface area (TPSA) is 119 Å². The third-order valence-electron chi connectivity index (χ3n) is 10.1. The van der Waals surface area contributed by atoms with E-state index in [1.54, 1.807) is 0 Å². The van der Waals surface area contributed by atoms with Crippen molar-refractivity contribution in [3.8, 4) is 0 Å². The highest BCUT2D eigenvalue weighted by molar-refractivity contribution is 6.33. The molecule has 8 nitrogen and oxygen atoms in total. The van der Waals surface area contributed by atoms with Gasteiger partial charge in [-0.3, -0.25) is 14.5 Å². The Morgan fingerprint density at radius 3 is 2.55 bits per heavy atom. The third-order valence-corrected chi connectivity index (χ3v) is 10.4. The number of amides is 2. The quantitative estimate of drug-likeness (QED) is 0.358. The van der Waals surface area contributed by atoms with Crippen LogP contribution in [-0.4, -0.2) is 75.9 Å². The van der Waals surface area contributed by atoms with E-state index in [2.05, 4.69) is 5.32 Å². The Balaban J connectivity index is 1.17. The summed E-state index contributed by atoms with van der Waals surface area (Å²) in [5.74, 6) is 0.113. The fraction of sp³-hybridized carbons (Fsp3) is 0.733. The zero-order valence-electron chi connectivity index (χ0n) is 23.8. The molecular weight excluding hydrogens is 535 g/mol. The highest BCUT2D eigenvalue weighted by atomic mass is 35.5. The van der Waals surface area contributed by atoms with E-state index in [0.29, 0.717) is 34.9 Å². The number of hydrogen-bond acceptors (Lipinski definition) is 6. The molecule has 1 aliphatic heterocycles. The van der Waals surface area contributed by atoms with Crippen molar-refractivity contribution in [3.05, 3.63) is 29.0 Å². The van der Waals surface area contributed by atoms with E-state index in [1.165, 1.54) is 23.1 Å². The molecule has 10 heteroatoms. The maximum absolute atomic E-state index is 13.9. The molecule has 1 aromatic carbocycles. The smallest absolute Gasteiger partial charge is 0.241 e. The molecule has 3 unspecified atom stereocenters. The number of hydrogen-bond donors (Lipinski definition) is 4. The van der Waals surface area contributed by atoms with E-state index in [9.17, 15) is 24.2 Å². The van der Waals surface area contributed by atoms with E-state index in [4.69, 9.17) is 17.3 Å². The summed E-state index contributed by atoms with van der Waals surface area (Å²) in [5.41, 5.74) is 5.74. The number of carbonyl (C=O) groups is 2. The van der Waals surface area contributed by atoms with Gasteiger partial charge in [0.25, 0.3) is 0 Å². The standard InChI is InChI=1S/C30H44ClFN4O4/c1-4-18(28(39)34-27-19-7-17-8-20(27)13-30(40,11-17)12-19)9-25(37)23(33)14-35-15-26(38)36(16-29(35,2)3)24-10-21(32)5-6-22(24)31/h5-6,10,17-20,23,25,27,37,40H,4,7-9,11-16,33H2,1-3H3,(H,34,39)/t17?,18-,19-,20+,23+,25+,27?,30?/m1/s1. The Labute approximate surface area is 241 Å². The van der Waals surface area contributed by atoms with Crippen LogP contribution in [0.4, 0.5) is 10.1 Å². The van der Waals surface area contributed by atoms with Crippen LogP contribution in [0.1, 0.15) is 65.7 Å². The molecule has 1 heterocycles. The van der Waals surface area contributed by atoms with Crippen molar-refractivity contribution in [1.82, 2.24) is 10.2 Å². The van der Waals surface area contributed by atoms with E-state index in [0.717, 1.165) is 32.1 Å². The molecule has 8 atom stereocenters. The zero-order valence-corrected chi connectivity index (χ0v) is 24.5. The Bertz CT molecular complexity index is 1120. The van der Waals surface area contributed by atoms with Crippen LogP contribution >= 0.6 is 11.6 Å². The second-order valence-electron chi connectivity index (χ2n) is 13.6. The van der Waals surface area contributed by atoms with Crippen LogP contribution in [0.2, 0.25) is 5.02 Å². The predicted octanol–water partition coefficient (Wildman–Crippen LogP) is 3.07. The second kappa shape index (κ2) is 11.1. The molecule has 4 aliphatic carbocycles. The summed E-state index contributed by atoms with van der Waals surface area (Å²) in [4.78, 5) is 29.8. The van der Waals surface area contributed by atoms with Crippen molar-refractivity contribution in [2.75, 3.05) is 24.5 Å². The number of nitrogens with two attached hydrogens (primary N) is 1. The van der Waals surface area contributed by atoms with Gasteiger partial charge in [-0.05, 0) is 94.7 Å². The van der Waals surface area contributed by atoms with Crippen LogP contribution < -0.4 is 16.0 Å². The fourth-order valence-electron chi connectivity index (χ4n) is 8.06. The van der Waals surface area contributed by atoms with Crippen LogP contribution in [0.25, 0.3) is 0 Å². The lowest BCUT2D eigenvalue weighted by Gasteiger charge is -2.58. The van der Waals surface area contributed by atoms with Gasteiger partial charge in [0.2, 0.25) is 11.8 Å². The molecule has 5 N–H and O–H groups in total. The number of aliphatic hydroxyl groups excluding tert-OH is 1. The molecule has 4 bridgehead atoms. The number of nitrogens with zero attached hydrogens (tertiary/aromatic N) is 2. The van der Waals surface area contributed by atoms with Gasteiger partial charge in [-0.2, -0.15) is 0 Å². The van der Waals surface area contributed by atoms with Crippen LogP contribution in [0.15, 0.2) is 18.2 Å². The first kappa shape index (κ1) is 29.7. The number of piperazine rings is 1. The Morgan fingerprint density at radius 1 is 1.25 bits per heavy atom. The van der Waals surface area contributed by atoms with Crippen molar-refractivity contribution < 1.29 is 24.2 Å². The molecule has 6 rings (SSSR count). The average Bonchev–Trinajstić information content (AvgIpc) is 2.87. The minimum atomic E-state index is -0.920. The minimum absolute atomic E-state index is 0.0469. The van der Waals surface area contributed by atoms with E-state index in [-0.39, 0.29) is 49.8 Å². The molecule has 0 spiro atoms. The van der Waals surface area contributed by atoms with Crippen molar-refractivity contribution >= 4 is 29.1 Å². The van der Waals surface area contributed by atoms with Gasteiger partial charge in [0, 0.05) is 36.6 Å². The van der Waals surface area contributed by atoms with Crippen LogP contribution in [0.3, 0.4) is 0 Å². The van der Waals surface area contributed by atoms with Gasteiger partial charge in [0.15, 0.2) is 0 Å².